The minimum Gasteiger partial charge on any atom is -0.229 e. The van der Waals surface area contributed by atoms with E-state index in [9.17, 15) is 8.42 Å². The van der Waals surface area contributed by atoms with E-state index in [1.54, 1.807) is 13.8 Å². The molecule has 0 radical (unpaired) electrons. The van der Waals surface area contributed by atoms with Crippen molar-refractivity contribution in [3.05, 3.63) is 33.8 Å². The first kappa shape index (κ1) is 16.0. The standard InChI is InChI=1S/C13H18BrClO2S/c1-8-6-10(11(15)7-9(8)2)12(14)13(3,4)18(5,16)17/h6-7,12H,1-5H3. The molecule has 1 atom stereocenters. The van der Waals surface area contributed by atoms with Gasteiger partial charge in [-0.3, -0.25) is 0 Å². The lowest BCUT2D eigenvalue weighted by atomic mass is 9.98. The van der Waals surface area contributed by atoms with Crippen LogP contribution in [-0.4, -0.2) is 19.4 Å². The van der Waals surface area contributed by atoms with E-state index >= 15 is 0 Å². The Labute approximate surface area is 123 Å². The Morgan fingerprint density at radius 2 is 1.67 bits per heavy atom. The number of halogens is 2. The molecule has 102 valence electrons. The number of sulfone groups is 1. The molecule has 0 saturated heterocycles. The van der Waals surface area contributed by atoms with E-state index < -0.39 is 14.6 Å². The molecule has 0 amide bonds. The minimum absolute atomic E-state index is 0.341. The maximum absolute atomic E-state index is 11.9. The normalized spacial score (nSPS) is 14.6. The van der Waals surface area contributed by atoms with E-state index in [1.165, 1.54) is 6.26 Å². The first-order valence-electron chi connectivity index (χ1n) is 5.58. The average Bonchev–Trinajstić information content (AvgIpc) is 2.20. The van der Waals surface area contributed by atoms with Crippen molar-refractivity contribution in [3.63, 3.8) is 0 Å². The second kappa shape index (κ2) is 5.14. The maximum Gasteiger partial charge on any atom is 0.154 e. The number of alkyl halides is 1. The van der Waals surface area contributed by atoms with E-state index in [0.29, 0.717) is 5.02 Å². The molecule has 0 saturated carbocycles. The lowest BCUT2D eigenvalue weighted by Gasteiger charge is -2.29. The zero-order valence-corrected chi connectivity index (χ0v) is 14.4. The van der Waals surface area contributed by atoms with Gasteiger partial charge in [0.15, 0.2) is 9.84 Å². The Kier molecular flexibility index (Phi) is 4.57. The monoisotopic (exact) mass is 352 g/mol. The van der Waals surface area contributed by atoms with Crippen LogP contribution in [0.5, 0.6) is 0 Å². The Morgan fingerprint density at radius 1 is 1.22 bits per heavy atom. The van der Waals surface area contributed by atoms with E-state index in [4.69, 9.17) is 11.6 Å². The van der Waals surface area contributed by atoms with Crippen LogP contribution in [0, 0.1) is 13.8 Å². The topological polar surface area (TPSA) is 34.1 Å². The molecular weight excluding hydrogens is 336 g/mol. The van der Waals surface area contributed by atoms with Gasteiger partial charge in [-0.05, 0) is 50.5 Å². The second-order valence-corrected chi connectivity index (χ2v) is 9.12. The molecule has 0 aromatic heterocycles. The van der Waals surface area contributed by atoms with Gasteiger partial charge >= 0.3 is 0 Å². The third-order valence-electron chi connectivity index (χ3n) is 3.45. The summed E-state index contributed by atoms with van der Waals surface area (Å²) < 4.78 is 22.8. The van der Waals surface area contributed by atoms with E-state index in [2.05, 4.69) is 15.9 Å². The molecule has 0 spiro atoms. The zero-order chi connectivity index (χ0) is 14.3. The summed E-state index contributed by atoms with van der Waals surface area (Å²) >= 11 is 9.72. The molecule has 0 heterocycles. The van der Waals surface area contributed by atoms with Gasteiger partial charge < -0.3 is 0 Å². The molecule has 1 rings (SSSR count). The highest BCUT2D eigenvalue weighted by molar-refractivity contribution is 9.09. The molecule has 1 aromatic carbocycles. The fourth-order valence-corrected chi connectivity index (χ4v) is 3.92. The van der Waals surface area contributed by atoms with Crippen molar-refractivity contribution in [3.8, 4) is 0 Å². The summed E-state index contributed by atoms with van der Waals surface area (Å²) in [5.74, 6) is 0. The van der Waals surface area contributed by atoms with Crippen molar-refractivity contribution >= 4 is 37.4 Å². The Bertz CT molecular complexity index is 565. The molecule has 0 N–H and O–H groups in total. The van der Waals surface area contributed by atoms with E-state index in [-0.39, 0.29) is 4.83 Å². The van der Waals surface area contributed by atoms with Gasteiger partial charge in [0.25, 0.3) is 0 Å². The quantitative estimate of drug-likeness (QED) is 0.763. The molecule has 0 aliphatic carbocycles. The van der Waals surface area contributed by atoms with Crippen molar-refractivity contribution in [2.45, 2.75) is 37.3 Å². The number of hydrogen-bond donors (Lipinski definition) is 0. The second-order valence-electron chi connectivity index (χ2n) is 5.20. The van der Waals surface area contributed by atoms with Crippen LogP contribution in [0.3, 0.4) is 0 Å². The fourth-order valence-electron chi connectivity index (χ4n) is 1.56. The van der Waals surface area contributed by atoms with Gasteiger partial charge in [0.05, 0.1) is 9.57 Å². The fraction of sp³-hybridized carbons (Fsp3) is 0.538. The molecule has 0 fully saturated rings. The molecule has 5 heteroatoms. The molecular formula is C13H18BrClO2S. The molecule has 2 nitrogen and oxygen atoms in total. The molecule has 1 unspecified atom stereocenters. The van der Waals surface area contributed by atoms with Gasteiger partial charge in [-0.15, -0.1) is 0 Å². The molecule has 18 heavy (non-hydrogen) atoms. The van der Waals surface area contributed by atoms with Gasteiger partial charge in [-0.2, -0.15) is 0 Å². The molecule has 0 aliphatic heterocycles. The van der Waals surface area contributed by atoms with Crippen LogP contribution in [-0.2, 0) is 9.84 Å². The van der Waals surface area contributed by atoms with E-state index in [0.717, 1.165) is 16.7 Å². The SMILES string of the molecule is Cc1cc(Cl)c(C(Br)C(C)(C)S(C)(=O)=O)cc1C. The molecule has 0 aliphatic rings. The summed E-state index contributed by atoms with van der Waals surface area (Å²) in [6.07, 6.45) is 1.25. The van der Waals surface area contributed by atoms with Crippen LogP contribution < -0.4 is 0 Å². The summed E-state index contributed by atoms with van der Waals surface area (Å²) in [4.78, 5) is -0.341. The zero-order valence-electron chi connectivity index (χ0n) is 11.2. The average molecular weight is 354 g/mol. The molecule has 0 bridgehead atoms. The highest BCUT2D eigenvalue weighted by Crippen LogP contribution is 2.42. The third-order valence-corrected chi connectivity index (χ3v) is 7.87. The smallest absolute Gasteiger partial charge is 0.154 e. The molecule has 1 aromatic rings. The van der Waals surface area contributed by atoms with Crippen molar-refractivity contribution in [2.24, 2.45) is 0 Å². The van der Waals surface area contributed by atoms with Crippen molar-refractivity contribution in [2.75, 3.05) is 6.26 Å². The number of benzene rings is 1. The van der Waals surface area contributed by atoms with Crippen LogP contribution in [0.2, 0.25) is 5.02 Å². The Morgan fingerprint density at radius 3 is 2.11 bits per heavy atom. The summed E-state index contributed by atoms with van der Waals surface area (Å²) in [5, 5.41) is 0.594. The predicted molar refractivity (Wildman–Crippen MR) is 81.5 cm³/mol. The Hall–Kier alpha value is -0.0600. The first-order chi connectivity index (χ1) is 7.98. The van der Waals surface area contributed by atoms with Crippen molar-refractivity contribution < 1.29 is 8.42 Å². The van der Waals surface area contributed by atoms with Crippen LogP contribution in [0.15, 0.2) is 12.1 Å². The summed E-state index contributed by atoms with van der Waals surface area (Å²) in [5.41, 5.74) is 3.01. The predicted octanol–water partition coefficient (Wildman–Crippen LogP) is 4.22. The van der Waals surface area contributed by atoms with Crippen LogP contribution >= 0.6 is 27.5 Å². The van der Waals surface area contributed by atoms with Gasteiger partial charge in [0, 0.05) is 11.3 Å². The van der Waals surface area contributed by atoms with Crippen molar-refractivity contribution in [1.82, 2.24) is 0 Å². The lowest BCUT2D eigenvalue weighted by Crippen LogP contribution is -2.35. The van der Waals surface area contributed by atoms with E-state index in [1.807, 2.05) is 26.0 Å². The minimum atomic E-state index is -3.19. The lowest BCUT2D eigenvalue weighted by molar-refractivity contribution is 0.548. The van der Waals surface area contributed by atoms with Gasteiger partial charge in [-0.1, -0.05) is 33.6 Å². The highest BCUT2D eigenvalue weighted by Gasteiger charge is 2.39. The number of rotatable bonds is 3. The largest absolute Gasteiger partial charge is 0.229 e. The van der Waals surface area contributed by atoms with Crippen LogP contribution in [0.4, 0.5) is 0 Å². The van der Waals surface area contributed by atoms with Gasteiger partial charge in [-0.25, -0.2) is 8.42 Å². The third kappa shape index (κ3) is 2.91. The first-order valence-corrected chi connectivity index (χ1v) is 8.77. The van der Waals surface area contributed by atoms with Crippen LogP contribution in [0.1, 0.15) is 35.4 Å². The summed E-state index contributed by atoms with van der Waals surface area (Å²) in [7, 11) is -3.19. The van der Waals surface area contributed by atoms with Gasteiger partial charge in [0.2, 0.25) is 0 Å². The Balaban J connectivity index is 3.36. The van der Waals surface area contributed by atoms with Gasteiger partial charge in [0.1, 0.15) is 0 Å². The number of hydrogen-bond acceptors (Lipinski definition) is 2. The maximum atomic E-state index is 11.9. The number of aryl methyl sites for hydroxylation is 2. The summed E-state index contributed by atoms with van der Waals surface area (Å²) in [6.45, 7) is 7.37. The van der Waals surface area contributed by atoms with Crippen LogP contribution in [0.25, 0.3) is 0 Å². The van der Waals surface area contributed by atoms with Crippen molar-refractivity contribution in [1.29, 1.82) is 0 Å². The summed E-state index contributed by atoms with van der Waals surface area (Å²) in [6, 6.07) is 3.82. The highest BCUT2D eigenvalue weighted by atomic mass is 79.9.